The van der Waals surface area contributed by atoms with E-state index in [4.69, 9.17) is 0 Å². The summed E-state index contributed by atoms with van der Waals surface area (Å²) in [5.74, 6) is 1.96. The molecule has 0 aromatic carbocycles. The molecule has 0 heterocycles. The predicted molar refractivity (Wildman–Crippen MR) is 81.2 cm³/mol. The molecule has 0 radical (unpaired) electrons. The zero-order chi connectivity index (χ0) is 13.3. The van der Waals surface area contributed by atoms with Gasteiger partial charge in [-0.1, -0.05) is 57.8 Å². The van der Waals surface area contributed by atoms with E-state index in [0.717, 1.165) is 18.8 Å². The SMILES string of the molecule is O=C1CCCCCCCCCCCC2CCC1CC2. The average Bonchev–Trinajstić information content (AvgIpc) is 2.44. The Kier molecular flexibility index (Phi) is 6.95. The Bertz CT molecular complexity index is 250. The third-order valence-corrected chi connectivity index (χ3v) is 5.34. The van der Waals surface area contributed by atoms with E-state index in [-0.39, 0.29) is 0 Å². The molecule has 2 bridgehead atoms. The van der Waals surface area contributed by atoms with Crippen LogP contribution in [0.4, 0.5) is 0 Å². The first-order valence-corrected chi connectivity index (χ1v) is 8.89. The standard InChI is InChI=1S/C18H32O/c19-18-11-9-7-5-3-1-2-4-6-8-10-16-12-14-17(18)15-13-16/h16-17H,1-15H2. The van der Waals surface area contributed by atoms with E-state index < -0.39 is 0 Å². The molecular weight excluding hydrogens is 232 g/mol. The number of rotatable bonds is 0. The van der Waals surface area contributed by atoms with Gasteiger partial charge in [-0.05, 0) is 38.0 Å². The first-order chi connectivity index (χ1) is 9.36. The van der Waals surface area contributed by atoms with Crippen molar-refractivity contribution in [3.8, 4) is 0 Å². The van der Waals surface area contributed by atoms with Crippen LogP contribution < -0.4 is 0 Å². The van der Waals surface area contributed by atoms with Gasteiger partial charge in [-0.2, -0.15) is 0 Å². The smallest absolute Gasteiger partial charge is 0.135 e. The first kappa shape index (κ1) is 15.1. The number of carbonyl (C=O) groups excluding carboxylic acids is 1. The van der Waals surface area contributed by atoms with Gasteiger partial charge in [0.15, 0.2) is 0 Å². The van der Waals surface area contributed by atoms with Gasteiger partial charge in [0.2, 0.25) is 0 Å². The van der Waals surface area contributed by atoms with E-state index in [9.17, 15) is 4.79 Å². The Morgan fingerprint density at radius 3 is 1.74 bits per heavy atom. The Labute approximate surface area is 119 Å². The van der Waals surface area contributed by atoms with Crippen molar-refractivity contribution in [1.82, 2.24) is 0 Å². The lowest BCUT2D eigenvalue weighted by molar-refractivity contribution is -0.124. The van der Waals surface area contributed by atoms with E-state index in [1.54, 1.807) is 0 Å². The van der Waals surface area contributed by atoms with E-state index in [0.29, 0.717) is 11.7 Å². The number of carbonyl (C=O) groups is 1. The van der Waals surface area contributed by atoms with Crippen molar-refractivity contribution in [3.05, 3.63) is 0 Å². The van der Waals surface area contributed by atoms with Gasteiger partial charge < -0.3 is 0 Å². The van der Waals surface area contributed by atoms with E-state index in [1.807, 2.05) is 0 Å². The molecule has 0 atom stereocenters. The summed E-state index contributed by atoms with van der Waals surface area (Å²) in [6, 6.07) is 0. The number of ketones is 1. The molecule has 3 rings (SSSR count). The minimum Gasteiger partial charge on any atom is -0.299 e. The quantitative estimate of drug-likeness (QED) is 0.551. The van der Waals surface area contributed by atoms with Gasteiger partial charge in [0.25, 0.3) is 0 Å². The van der Waals surface area contributed by atoms with Crippen molar-refractivity contribution < 1.29 is 4.79 Å². The summed E-state index contributed by atoms with van der Waals surface area (Å²) in [4.78, 5) is 12.2. The molecule has 0 aromatic heterocycles. The van der Waals surface area contributed by atoms with Crippen LogP contribution in [0.25, 0.3) is 0 Å². The van der Waals surface area contributed by atoms with Crippen molar-refractivity contribution in [2.45, 2.75) is 96.3 Å². The van der Waals surface area contributed by atoms with Crippen LogP contribution in [0.1, 0.15) is 96.3 Å². The first-order valence-electron chi connectivity index (χ1n) is 8.89. The maximum atomic E-state index is 12.2. The van der Waals surface area contributed by atoms with E-state index in [1.165, 1.54) is 83.5 Å². The number of hydrogen-bond donors (Lipinski definition) is 0. The largest absolute Gasteiger partial charge is 0.299 e. The summed E-state index contributed by atoms with van der Waals surface area (Å²) in [7, 11) is 0. The normalized spacial score (nSPS) is 32.3. The Morgan fingerprint density at radius 2 is 1.11 bits per heavy atom. The lowest BCUT2D eigenvalue weighted by Gasteiger charge is -2.27. The van der Waals surface area contributed by atoms with E-state index >= 15 is 0 Å². The minimum atomic E-state index is 0.434. The summed E-state index contributed by atoms with van der Waals surface area (Å²) >= 11 is 0. The molecule has 1 nitrogen and oxygen atoms in total. The van der Waals surface area contributed by atoms with Gasteiger partial charge in [-0.3, -0.25) is 4.79 Å². The van der Waals surface area contributed by atoms with Crippen LogP contribution in [-0.4, -0.2) is 5.78 Å². The molecule has 0 N–H and O–H groups in total. The fourth-order valence-electron chi connectivity index (χ4n) is 3.95. The second kappa shape index (κ2) is 8.76. The highest BCUT2D eigenvalue weighted by atomic mass is 16.1. The van der Waals surface area contributed by atoms with Crippen molar-refractivity contribution >= 4 is 5.78 Å². The summed E-state index contributed by atoms with van der Waals surface area (Å²) in [5, 5.41) is 0. The average molecular weight is 264 g/mol. The fraction of sp³-hybridized carbons (Fsp3) is 0.944. The topological polar surface area (TPSA) is 17.1 Å². The lowest BCUT2D eigenvalue weighted by atomic mass is 9.77. The van der Waals surface area contributed by atoms with Gasteiger partial charge >= 0.3 is 0 Å². The molecule has 110 valence electrons. The molecule has 0 spiro atoms. The molecule has 3 saturated carbocycles. The lowest BCUT2D eigenvalue weighted by Crippen LogP contribution is -2.21. The van der Waals surface area contributed by atoms with Crippen LogP contribution in [-0.2, 0) is 4.79 Å². The molecule has 0 aliphatic heterocycles. The van der Waals surface area contributed by atoms with Crippen LogP contribution in [0.15, 0.2) is 0 Å². The van der Waals surface area contributed by atoms with Crippen molar-refractivity contribution in [1.29, 1.82) is 0 Å². The minimum absolute atomic E-state index is 0.434. The monoisotopic (exact) mass is 264 g/mol. The highest BCUT2D eigenvalue weighted by Gasteiger charge is 2.25. The van der Waals surface area contributed by atoms with Crippen LogP contribution in [0.5, 0.6) is 0 Å². The zero-order valence-corrected chi connectivity index (χ0v) is 12.7. The highest BCUT2D eigenvalue weighted by molar-refractivity contribution is 5.81. The molecular formula is C18H32O. The number of hydrogen-bond acceptors (Lipinski definition) is 1. The van der Waals surface area contributed by atoms with Gasteiger partial charge in [0.05, 0.1) is 0 Å². The van der Waals surface area contributed by atoms with Crippen LogP contribution in [0.2, 0.25) is 0 Å². The number of fused-ring (bicyclic) bond motifs is 13. The van der Waals surface area contributed by atoms with E-state index in [2.05, 4.69) is 0 Å². The fourth-order valence-corrected chi connectivity index (χ4v) is 3.95. The summed E-state index contributed by atoms with van der Waals surface area (Å²) in [6.45, 7) is 0. The highest BCUT2D eigenvalue weighted by Crippen LogP contribution is 2.33. The van der Waals surface area contributed by atoms with Crippen LogP contribution >= 0.6 is 0 Å². The van der Waals surface area contributed by atoms with Gasteiger partial charge in [0, 0.05) is 12.3 Å². The predicted octanol–water partition coefficient (Wildman–Crippen LogP) is 5.67. The molecule has 0 amide bonds. The van der Waals surface area contributed by atoms with Crippen LogP contribution in [0, 0.1) is 11.8 Å². The molecule has 3 fully saturated rings. The molecule has 19 heavy (non-hydrogen) atoms. The molecule has 0 saturated heterocycles. The summed E-state index contributed by atoms with van der Waals surface area (Å²) in [6.07, 6.45) is 19.7. The van der Waals surface area contributed by atoms with Crippen LogP contribution in [0.3, 0.4) is 0 Å². The second-order valence-corrected chi connectivity index (χ2v) is 6.90. The third-order valence-electron chi connectivity index (χ3n) is 5.34. The van der Waals surface area contributed by atoms with Gasteiger partial charge in [-0.25, -0.2) is 0 Å². The molecule has 0 aromatic rings. The number of Topliss-reactive ketones (excluding diaryl/α,β-unsaturated/α-hetero) is 1. The third kappa shape index (κ3) is 5.67. The second-order valence-electron chi connectivity index (χ2n) is 6.90. The maximum Gasteiger partial charge on any atom is 0.135 e. The van der Waals surface area contributed by atoms with Gasteiger partial charge in [0.1, 0.15) is 5.78 Å². The Morgan fingerprint density at radius 1 is 0.579 bits per heavy atom. The molecule has 1 heteroatoms. The van der Waals surface area contributed by atoms with Crippen molar-refractivity contribution in [2.24, 2.45) is 11.8 Å². The molecule has 3 aliphatic carbocycles. The van der Waals surface area contributed by atoms with Gasteiger partial charge in [-0.15, -0.1) is 0 Å². The summed E-state index contributed by atoms with van der Waals surface area (Å²) in [5.41, 5.74) is 0. The molecule has 0 unspecified atom stereocenters. The summed E-state index contributed by atoms with van der Waals surface area (Å²) < 4.78 is 0. The van der Waals surface area contributed by atoms with Crippen molar-refractivity contribution in [2.75, 3.05) is 0 Å². The molecule has 3 aliphatic rings. The Hall–Kier alpha value is -0.330. The zero-order valence-electron chi connectivity index (χ0n) is 12.7. The van der Waals surface area contributed by atoms with Crippen molar-refractivity contribution in [3.63, 3.8) is 0 Å². The maximum absolute atomic E-state index is 12.2. The Balaban J connectivity index is 1.76.